The fourth-order valence-corrected chi connectivity index (χ4v) is 2.06. The molecule has 4 nitrogen and oxygen atoms in total. The van der Waals surface area contributed by atoms with Gasteiger partial charge in [-0.3, -0.25) is 8.97 Å². The first-order valence-corrected chi connectivity index (χ1v) is 6.24. The van der Waals surface area contributed by atoms with Crippen LogP contribution in [0.25, 0.3) is 11.3 Å². The van der Waals surface area contributed by atoms with Crippen molar-refractivity contribution in [3.8, 4) is 5.69 Å². The van der Waals surface area contributed by atoms with Crippen LogP contribution >= 0.6 is 11.6 Å². The van der Waals surface area contributed by atoms with E-state index in [1.54, 1.807) is 6.07 Å². The first kappa shape index (κ1) is 12.8. The van der Waals surface area contributed by atoms with Crippen molar-refractivity contribution >= 4 is 17.2 Å². The molecule has 1 aromatic carbocycles. The lowest BCUT2D eigenvalue weighted by molar-refractivity contribution is 0.507. The molecule has 0 aliphatic carbocycles. The molecule has 102 valence electrons. The minimum atomic E-state index is -1.01. The Morgan fingerprint density at radius 2 is 2.00 bits per heavy atom. The number of benzene rings is 1. The molecule has 0 unspecified atom stereocenters. The normalized spacial score (nSPS) is 11.2. The molecule has 0 spiro atoms. The summed E-state index contributed by atoms with van der Waals surface area (Å²) in [6.07, 6.45) is 2.97. The van der Waals surface area contributed by atoms with Gasteiger partial charge in [0, 0.05) is 18.5 Å². The predicted octanol–water partition coefficient (Wildman–Crippen LogP) is 2.50. The van der Waals surface area contributed by atoms with Gasteiger partial charge in [0.2, 0.25) is 0 Å². The lowest BCUT2D eigenvalue weighted by Gasteiger charge is -2.06. The lowest BCUT2D eigenvalue weighted by atomic mass is 10.3. The summed E-state index contributed by atoms with van der Waals surface area (Å²) in [5.41, 5.74) is 0.811. The van der Waals surface area contributed by atoms with Crippen LogP contribution in [0.2, 0.25) is 0 Å². The van der Waals surface area contributed by atoms with Crippen molar-refractivity contribution in [2.24, 2.45) is 0 Å². The summed E-state index contributed by atoms with van der Waals surface area (Å²) in [6.45, 7) is 0. The average molecular weight is 296 g/mol. The standard InChI is InChI=1S/C13H8ClF2N3O/c14-6-8-7-19-12(17-8)3-4-18(13(19)20)9-1-2-10(15)11(16)5-9/h1-5,7H,6H2. The summed E-state index contributed by atoms with van der Waals surface area (Å²) < 4.78 is 28.7. The Labute approximate surface area is 116 Å². The number of aromatic nitrogens is 3. The minimum absolute atomic E-state index is 0.187. The predicted molar refractivity (Wildman–Crippen MR) is 70.3 cm³/mol. The van der Waals surface area contributed by atoms with Gasteiger partial charge in [0.15, 0.2) is 11.6 Å². The third-order valence-electron chi connectivity index (χ3n) is 2.89. The average Bonchev–Trinajstić information content (AvgIpc) is 2.87. The Hall–Kier alpha value is -2.21. The summed E-state index contributed by atoms with van der Waals surface area (Å²) in [7, 11) is 0. The Morgan fingerprint density at radius 1 is 1.20 bits per heavy atom. The molecule has 0 radical (unpaired) electrons. The molecular formula is C13H8ClF2N3O. The van der Waals surface area contributed by atoms with E-state index in [4.69, 9.17) is 11.6 Å². The van der Waals surface area contributed by atoms with Crippen LogP contribution in [-0.4, -0.2) is 14.0 Å². The fraction of sp³-hybridized carbons (Fsp3) is 0.0769. The summed E-state index contributed by atoms with van der Waals surface area (Å²) in [5.74, 6) is -1.79. The maximum atomic E-state index is 13.2. The van der Waals surface area contributed by atoms with Crippen LogP contribution in [-0.2, 0) is 5.88 Å². The van der Waals surface area contributed by atoms with Crippen molar-refractivity contribution in [1.82, 2.24) is 14.0 Å². The third-order valence-corrected chi connectivity index (χ3v) is 3.16. The van der Waals surface area contributed by atoms with Crippen LogP contribution in [0.5, 0.6) is 0 Å². The molecule has 0 amide bonds. The zero-order valence-electron chi connectivity index (χ0n) is 10.1. The number of rotatable bonds is 2. The van der Waals surface area contributed by atoms with E-state index in [-0.39, 0.29) is 11.6 Å². The van der Waals surface area contributed by atoms with Crippen molar-refractivity contribution in [2.75, 3.05) is 0 Å². The Kier molecular flexibility index (Phi) is 3.02. The molecule has 7 heteroatoms. The van der Waals surface area contributed by atoms with E-state index in [1.807, 2.05) is 0 Å². The summed E-state index contributed by atoms with van der Waals surface area (Å²) in [4.78, 5) is 16.4. The van der Waals surface area contributed by atoms with E-state index >= 15 is 0 Å². The number of alkyl halides is 1. The van der Waals surface area contributed by atoms with Crippen molar-refractivity contribution in [3.63, 3.8) is 0 Å². The first-order chi connectivity index (χ1) is 9.60. The van der Waals surface area contributed by atoms with Crippen LogP contribution in [0, 0.1) is 11.6 Å². The van der Waals surface area contributed by atoms with Gasteiger partial charge >= 0.3 is 5.69 Å². The fourth-order valence-electron chi connectivity index (χ4n) is 1.93. The van der Waals surface area contributed by atoms with Gasteiger partial charge in [-0.05, 0) is 18.2 Å². The van der Waals surface area contributed by atoms with E-state index in [2.05, 4.69) is 4.98 Å². The van der Waals surface area contributed by atoms with Gasteiger partial charge in [-0.2, -0.15) is 0 Å². The van der Waals surface area contributed by atoms with Gasteiger partial charge in [0.25, 0.3) is 0 Å². The summed E-state index contributed by atoms with van der Waals surface area (Å²) in [5, 5.41) is 0. The number of nitrogens with zero attached hydrogens (tertiary/aromatic N) is 3. The third kappa shape index (κ3) is 1.98. The van der Waals surface area contributed by atoms with Crippen LogP contribution < -0.4 is 5.69 Å². The van der Waals surface area contributed by atoms with Gasteiger partial charge < -0.3 is 0 Å². The molecule has 0 atom stereocenters. The summed E-state index contributed by atoms with van der Waals surface area (Å²) in [6, 6.07) is 4.85. The number of hydrogen-bond donors (Lipinski definition) is 0. The molecule has 2 heterocycles. The number of imidazole rings is 1. The highest BCUT2D eigenvalue weighted by Gasteiger charge is 2.09. The van der Waals surface area contributed by atoms with Crippen LogP contribution in [0.15, 0.2) is 41.5 Å². The van der Waals surface area contributed by atoms with Gasteiger partial charge in [0.05, 0.1) is 17.3 Å². The molecule has 0 aliphatic heterocycles. The Bertz CT molecular complexity index is 856. The molecule has 0 fully saturated rings. The SMILES string of the molecule is O=c1n(-c2ccc(F)c(F)c2)ccc2nc(CCl)cn12. The van der Waals surface area contributed by atoms with E-state index in [1.165, 1.54) is 27.4 Å². The maximum absolute atomic E-state index is 13.2. The van der Waals surface area contributed by atoms with Gasteiger partial charge in [0.1, 0.15) is 5.65 Å². The van der Waals surface area contributed by atoms with E-state index in [0.29, 0.717) is 11.3 Å². The number of hydrogen-bond acceptors (Lipinski definition) is 2. The van der Waals surface area contributed by atoms with Gasteiger partial charge in [-0.1, -0.05) is 0 Å². The Morgan fingerprint density at radius 3 is 2.70 bits per heavy atom. The van der Waals surface area contributed by atoms with Crippen LogP contribution in [0.1, 0.15) is 5.69 Å². The molecule has 3 aromatic rings. The zero-order valence-corrected chi connectivity index (χ0v) is 10.8. The van der Waals surface area contributed by atoms with Crippen molar-refractivity contribution in [2.45, 2.75) is 5.88 Å². The largest absolute Gasteiger partial charge is 0.338 e. The van der Waals surface area contributed by atoms with Crippen molar-refractivity contribution < 1.29 is 8.78 Å². The number of fused-ring (bicyclic) bond motifs is 1. The Balaban J connectivity index is 2.23. The van der Waals surface area contributed by atoms with Gasteiger partial charge in [-0.25, -0.2) is 18.6 Å². The molecule has 3 rings (SSSR count). The molecule has 0 bridgehead atoms. The molecular weight excluding hydrogens is 288 g/mol. The van der Waals surface area contributed by atoms with Crippen molar-refractivity contribution in [1.29, 1.82) is 0 Å². The maximum Gasteiger partial charge on any atom is 0.338 e. The number of halogens is 3. The van der Waals surface area contributed by atoms with Crippen LogP contribution in [0.4, 0.5) is 8.78 Å². The second kappa shape index (κ2) is 4.72. The molecule has 0 saturated heterocycles. The molecule has 0 aliphatic rings. The van der Waals surface area contributed by atoms with Crippen LogP contribution in [0.3, 0.4) is 0 Å². The molecule has 0 saturated carbocycles. The molecule has 2 aromatic heterocycles. The van der Waals surface area contributed by atoms with Gasteiger partial charge in [-0.15, -0.1) is 11.6 Å². The first-order valence-electron chi connectivity index (χ1n) is 5.71. The highest BCUT2D eigenvalue weighted by atomic mass is 35.5. The van der Waals surface area contributed by atoms with E-state index in [0.717, 1.165) is 12.1 Å². The summed E-state index contributed by atoms with van der Waals surface area (Å²) >= 11 is 5.67. The lowest BCUT2D eigenvalue weighted by Crippen LogP contribution is -2.24. The molecule has 0 N–H and O–H groups in total. The quantitative estimate of drug-likeness (QED) is 0.682. The topological polar surface area (TPSA) is 39.3 Å². The monoisotopic (exact) mass is 295 g/mol. The second-order valence-corrected chi connectivity index (χ2v) is 4.43. The van der Waals surface area contributed by atoms with Crippen molar-refractivity contribution in [3.05, 3.63) is 64.5 Å². The van der Waals surface area contributed by atoms with E-state index in [9.17, 15) is 13.6 Å². The molecule has 20 heavy (non-hydrogen) atoms. The zero-order chi connectivity index (χ0) is 14.3. The highest BCUT2D eigenvalue weighted by molar-refractivity contribution is 6.16. The van der Waals surface area contributed by atoms with E-state index < -0.39 is 17.3 Å². The smallest absolute Gasteiger partial charge is 0.269 e. The second-order valence-electron chi connectivity index (χ2n) is 4.16. The minimum Gasteiger partial charge on any atom is -0.269 e. The highest BCUT2D eigenvalue weighted by Crippen LogP contribution is 2.12.